The van der Waals surface area contributed by atoms with E-state index in [-0.39, 0.29) is 0 Å². The molecule has 0 atom stereocenters. The first kappa shape index (κ1) is 11.1. The molecule has 0 spiro atoms. The van der Waals surface area contributed by atoms with Gasteiger partial charge in [0.1, 0.15) is 6.07 Å². The Hall–Kier alpha value is -2.42. The van der Waals surface area contributed by atoms with Gasteiger partial charge in [0.15, 0.2) is 11.5 Å². The van der Waals surface area contributed by atoms with Gasteiger partial charge in [0.2, 0.25) is 0 Å². The highest BCUT2D eigenvalue weighted by atomic mass is 15.3. The Balaban J connectivity index is 1.80. The SMILES string of the molecule is N#Cc1nccnc1NCCCn1cccn1. The fraction of sp³-hybridized carbons (Fsp3) is 0.273. The van der Waals surface area contributed by atoms with Crippen LogP contribution in [0.3, 0.4) is 0 Å². The van der Waals surface area contributed by atoms with Crippen molar-refractivity contribution in [1.82, 2.24) is 19.7 Å². The molecule has 6 nitrogen and oxygen atoms in total. The number of anilines is 1. The lowest BCUT2D eigenvalue weighted by atomic mass is 10.4. The molecule has 0 bridgehead atoms. The molecule has 2 heterocycles. The summed E-state index contributed by atoms with van der Waals surface area (Å²) in [5.41, 5.74) is 0.326. The van der Waals surface area contributed by atoms with Gasteiger partial charge in [-0.2, -0.15) is 10.4 Å². The van der Waals surface area contributed by atoms with Gasteiger partial charge in [-0.25, -0.2) is 9.97 Å². The molecule has 0 aliphatic rings. The first-order valence-electron chi connectivity index (χ1n) is 5.32. The van der Waals surface area contributed by atoms with Crippen LogP contribution in [0.2, 0.25) is 0 Å². The summed E-state index contributed by atoms with van der Waals surface area (Å²) >= 11 is 0. The molecular weight excluding hydrogens is 216 g/mol. The lowest BCUT2D eigenvalue weighted by molar-refractivity contribution is 0.591. The third-order valence-electron chi connectivity index (χ3n) is 2.22. The zero-order valence-corrected chi connectivity index (χ0v) is 9.24. The number of aryl methyl sites for hydroxylation is 1. The second-order valence-electron chi connectivity index (χ2n) is 3.41. The van der Waals surface area contributed by atoms with Gasteiger partial charge in [0.25, 0.3) is 0 Å². The Bertz CT molecular complexity index is 499. The van der Waals surface area contributed by atoms with Crippen molar-refractivity contribution in [3.8, 4) is 6.07 Å². The lowest BCUT2D eigenvalue weighted by Crippen LogP contribution is -2.09. The Morgan fingerprint density at radius 3 is 2.94 bits per heavy atom. The van der Waals surface area contributed by atoms with Gasteiger partial charge in [0, 0.05) is 37.9 Å². The van der Waals surface area contributed by atoms with Gasteiger partial charge in [-0.05, 0) is 12.5 Å². The highest BCUT2D eigenvalue weighted by Gasteiger charge is 2.02. The third-order valence-corrected chi connectivity index (χ3v) is 2.22. The summed E-state index contributed by atoms with van der Waals surface area (Å²) < 4.78 is 1.86. The van der Waals surface area contributed by atoms with Crippen LogP contribution in [0.5, 0.6) is 0 Å². The molecule has 0 radical (unpaired) electrons. The van der Waals surface area contributed by atoms with Crippen LogP contribution in [0.1, 0.15) is 12.1 Å². The van der Waals surface area contributed by atoms with Crippen LogP contribution in [-0.4, -0.2) is 26.3 Å². The Morgan fingerprint density at radius 2 is 2.18 bits per heavy atom. The molecule has 0 fully saturated rings. The van der Waals surface area contributed by atoms with Crippen LogP contribution >= 0.6 is 0 Å². The van der Waals surface area contributed by atoms with Crippen molar-refractivity contribution in [3.05, 3.63) is 36.5 Å². The molecule has 2 aromatic heterocycles. The Labute approximate surface area is 98.9 Å². The van der Waals surface area contributed by atoms with E-state index in [9.17, 15) is 0 Å². The maximum absolute atomic E-state index is 8.82. The molecule has 0 saturated carbocycles. The first-order chi connectivity index (χ1) is 8.40. The highest BCUT2D eigenvalue weighted by molar-refractivity contribution is 5.46. The van der Waals surface area contributed by atoms with Crippen LogP contribution < -0.4 is 5.32 Å². The van der Waals surface area contributed by atoms with E-state index in [0.29, 0.717) is 11.5 Å². The van der Waals surface area contributed by atoms with Crippen molar-refractivity contribution < 1.29 is 0 Å². The van der Waals surface area contributed by atoms with Gasteiger partial charge >= 0.3 is 0 Å². The molecule has 0 aliphatic carbocycles. The lowest BCUT2D eigenvalue weighted by Gasteiger charge is -2.06. The fourth-order valence-electron chi connectivity index (χ4n) is 1.43. The zero-order valence-electron chi connectivity index (χ0n) is 9.24. The van der Waals surface area contributed by atoms with Crippen molar-refractivity contribution in [2.75, 3.05) is 11.9 Å². The number of hydrogen-bond donors (Lipinski definition) is 1. The van der Waals surface area contributed by atoms with Gasteiger partial charge in [0.05, 0.1) is 0 Å². The molecule has 2 aromatic rings. The van der Waals surface area contributed by atoms with E-state index >= 15 is 0 Å². The molecule has 2 rings (SSSR count). The van der Waals surface area contributed by atoms with E-state index in [0.717, 1.165) is 19.5 Å². The molecule has 6 heteroatoms. The molecule has 1 N–H and O–H groups in total. The standard InChI is InChI=1S/C11H12N6/c12-9-10-11(15-6-5-13-10)14-3-1-7-17-8-2-4-16-17/h2,4-6,8H,1,3,7H2,(H,14,15). The Kier molecular flexibility index (Phi) is 3.65. The summed E-state index contributed by atoms with van der Waals surface area (Å²) in [5, 5.41) is 16.0. The molecule has 0 aromatic carbocycles. The van der Waals surface area contributed by atoms with Crippen molar-refractivity contribution in [2.45, 2.75) is 13.0 Å². The van der Waals surface area contributed by atoms with Crippen LogP contribution in [0.25, 0.3) is 0 Å². The van der Waals surface area contributed by atoms with Gasteiger partial charge in [-0.3, -0.25) is 4.68 Å². The van der Waals surface area contributed by atoms with Crippen molar-refractivity contribution in [1.29, 1.82) is 5.26 Å². The van der Waals surface area contributed by atoms with Crippen LogP contribution in [0, 0.1) is 11.3 Å². The van der Waals surface area contributed by atoms with E-state index in [1.807, 2.05) is 23.0 Å². The first-order valence-corrected chi connectivity index (χ1v) is 5.32. The average molecular weight is 228 g/mol. The third kappa shape index (κ3) is 3.01. The largest absolute Gasteiger partial charge is 0.368 e. The molecule has 17 heavy (non-hydrogen) atoms. The van der Waals surface area contributed by atoms with Crippen molar-refractivity contribution in [2.24, 2.45) is 0 Å². The maximum Gasteiger partial charge on any atom is 0.182 e. The van der Waals surface area contributed by atoms with Gasteiger partial charge < -0.3 is 5.32 Å². The zero-order chi connectivity index (χ0) is 11.9. The van der Waals surface area contributed by atoms with E-state index in [1.54, 1.807) is 12.4 Å². The van der Waals surface area contributed by atoms with Crippen molar-refractivity contribution in [3.63, 3.8) is 0 Å². The number of hydrogen-bond acceptors (Lipinski definition) is 5. The summed E-state index contributed by atoms with van der Waals surface area (Å²) in [6.07, 6.45) is 7.65. The number of nitrogens with one attached hydrogen (secondary N) is 1. The minimum atomic E-state index is 0.326. The summed E-state index contributed by atoms with van der Waals surface area (Å²) in [6.45, 7) is 1.56. The highest BCUT2D eigenvalue weighted by Crippen LogP contribution is 2.06. The molecule has 0 aliphatic heterocycles. The van der Waals surface area contributed by atoms with E-state index in [2.05, 4.69) is 20.4 Å². The average Bonchev–Trinajstić information content (AvgIpc) is 2.88. The van der Waals surface area contributed by atoms with E-state index < -0.39 is 0 Å². The second kappa shape index (κ2) is 5.61. The molecular formula is C11H12N6. The minimum absolute atomic E-state index is 0.326. The quantitative estimate of drug-likeness (QED) is 0.774. The topological polar surface area (TPSA) is 79.4 Å². The number of nitriles is 1. The Morgan fingerprint density at radius 1 is 1.29 bits per heavy atom. The molecule has 0 unspecified atom stereocenters. The molecule has 0 saturated heterocycles. The normalized spacial score (nSPS) is 9.82. The summed E-state index contributed by atoms with van der Waals surface area (Å²) in [6, 6.07) is 3.89. The second-order valence-corrected chi connectivity index (χ2v) is 3.41. The van der Waals surface area contributed by atoms with Crippen LogP contribution in [0.15, 0.2) is 30.9 Å². The van der Waals surface area contributed by atoms with Gasteiger partial charge in [-0.1, -0.05) is 0 Å². The summed E-state index contributed by atoms with van der Waals surface area (Å²) in [4.78, 5) is 7.99. The molecule has 86 valence electrons. The summed E-state index contributed by atoms with van der Waals surface area (Å²) in [5.74, 6) is 0.537. The number of nitrogens with zero attached hydrogens (tertiary/aromatic N) is 5. The smallest absolute Gasteiger partial charge is 0.182 e. The van der Waals surface area contributed by atoms with E-state index in [1.165, 1.54) is 6.20 Å². The minimum Gasteiger partial charge on any atom is -0.368 e. The van der Waals surface area contributed by atoms with Crippen LogP contribution in [0.4, 0.5) is 5.82 Å². The predicted molar refractivity (Wildman–Crippen MR) is 62.1 cm³/mol. The number of aromatic nitrogens is 4. The van der Waals surface area contributed by atoms with E-state index in [4.69, 9.17) is 5.26 Å². The molecule has 0 amide bonds. The van der Waals surface area contributed by atoms with Crippen molar-refractivity contribution >= 4 is 5.82 Å². The summed E-state index contributed by atoms with van der Waals surface area (Å²) in [7, 11) is 0. The maximum atomic E-state index is 8.82. The predicted octanol–water partition coefficient (Wildman–Crippen LogP) is 1.05. The monoisotopic (exact) mass is 228 g/mol. The number of rotatable bonds is 5. The van der Waals surface area contributed by atoms with Gasteiger partial charge in [-0.15, -0.1) is 0 Å². The fourth-order valence-corrected chi connectivity index (χ4v) is 1.43. The van der Waals surface area contributed by atoms with Crippen LogP contribution in [-0.2, 0) is 6.54 Å².